The summed E-state index contributed by atoms with van der Waals surface area (Å²) in [4.78, 5) is 3.61. The van der Waals surface area contributed by atoms with Crippen LogP contribution in [-0.2, 0) is 0 Å². The molecule has 1 heterocycles. The predicted octanol–water partition coefficient (Wildman–Crippen LogP) is 5.64. The fourth-order valence-electron chi connectivity index (χ4n) is 3.81. The van der Waals surface area contributed by atoms with Crippen LogP contribution in [0.3, 0.4) is 0 Å². The molecule has 1 N–H and O–H groups in total. The van der Waals surface area contributed by atoms with Crippen molar-refractivity contribution in [3.05, 3.63) is 60.7 Å². The van der Waals surface area contributed by atoms with Crippen LogP contribution in [-0.4, -0.2) is 19.2 Å². The zero-order chi connectivity index (χ0) is 17.0. The van der Waals surface area contributed by atoms with Gasteiger partial charge in [0.25, 0.3) is 0 Å². The van der Waals surface area contributed by atoms with Crippen molar-refractivity contribution in [1.82, 2.24) is 4.98 Å². The molecule has 0 saturated carbocycles. The van der Waals surface area contributed by atoms with Crippen molar-refractivity contribution in [2.24, 2.45) is 0 Å². The summed E-state index contributed by atoms with van der Waals surface area (Å²) in [6.07, 6.45) is 0. The van der Waals surface area contributed by atoms with E-state index in [4.69, 9.17) is 9.47 Å². The summed E-state index contributed by atoms with van der Waals surface area (Å²) in [5.74, 6) is 1.71. The Bertz CT molecular complexity index is 1270. The van der Waals surface area contributed by atoms with Crippen molar-refractivity contribution in [2.45, 2.75) is 0 Å². The highest BCUT2D eigenvalue weighted by molar-refractivity contribution is 6.31. The molecule has 25 heavy (non-hydrogen) atoms. The van der Waals surface area contributed by atoms with Crippen LogP contribution in [0, 0.1) is 0 Å². The fourth-order valence-corrected chi connectivity index (χ4v) is 3.81. The number of hydrogen-bond acceptors (Lipinski definition) is 2. The summed E-state index contributed by atoms with van der Waals surface area (Å²) in [5, 5.41) is 7.23. The van der Waals surface area contributed by atoms with Gasteiger partial charge in [-0.15, -0.1) is 0 Å². The van der Waals surface area contributed by atoms with Gasteiger partial charge in [-0.25, -0.2) is 0 Å². The average Bonchev–Trinajstić information content (AvgIpc) is 3.07. The highest BCUT2D eigenvalue weighted by Gasteiger charge is 2.14. The monoisotopic (exact) mass is 327 g/mol. The molecule has 0 aliphatic carbocycles. The molecule has 0 atom stereocenters. The number of hydrogen-bond donors (Lipinski definition) is 1. The Morgan fingerprint density at radius 2 is 1.28 bits per heavy atom. The zero-order valence-corrected chi connectivity index (χ0v) is 14.1. The Hall–Kier alpha value is -3.20. The van der Waals surface area contributed by atoms with Gasteiger partial charge in [-0.2, -0.15) is 0 Å². The molecule has 0 amide bonds. The Labute approximate surface area is 144 Å². The molecule has 4 aromatic carbocycles. The van der Waals surface area contributed by atoms with Crippen molar-refractivity contribution in [3.8, 4) is 11.5 Å². The zero-order valence-electron chi connectivity index (χ0n) is 14.1. The van der Waals surface area contributed by atoms with Crippen LogP contribution >= 0.6 is 0 Å². The first kappa shape index (κ1) is 14.2. The maximum atomic E-state index is 5.47. The van der Waals surface area contributed by atoms with Gasteiger partial charge in [0.05, 0.1) is 19.7 Å². The molecule has 5 aromatic rings. The van der Waals surface area contributed by atoms with E-state index in [9.17, 15) is 0 Å². The number of ether oxygens (including phenoxy) is 2. The number of aromatic nitrogens is 1. The number of fused-ring (bicyclic) bond motifs is 8. The number of benzene rings is 4. The van der Waals surface area contributed by atoms with Gasteiger partial charge >= 0.3 is 0 Å². The van der Waals surface area contributed by atoms with E-state index in [2.05, 4.69) is 53.5 Å². The second-order valence-corrected chi connectivity index (χ2v) is 6.24. The smallest absolute Gasteiger partial charge is 0.119 e. The van der Waals surface area contributed by atoms with Crippen LogP contribution in [0.15, 0.2) is 60.7 Å². The molecule has 0 radical (unpaired) electrons. The number of methoxy groups -OCH3 is 2. The minimum Gasteiger partial charge on any atom is -0.497 e. The SMILES string of the molecule is COc1ccc2c(c1)c1cc(OC)ccc1c1c3ccccc3[nH]c21. The van der Waals surface area contributed by atoms with E-state index in [-0.39, 0.29) is 0 Å². The first-order valence-electron chi connectivity index (χ1n) is 8.28. The predicted molar refractivity (Wildman–Crippen MR) is 104 cm³/mol. The van der Waals surface area contributed by atoms with Crippen molar-refractivity contribution < 1.29 is 9.47 Å². The van der Waals surface area contributed by atoms with Crippen molar-refractivity contribution in [3.63, 3.8) is 0 Å². The van der Waals surface area contributed by atoms with E-state index in [1.807, 2.05) is 12.1 Å². The van der Waals surface area contributed by atoms with E-state index in [0.29, 0.717) is 0 Å². The average molecular weight is 327 g/mol. The van der Waals surface area contributed by atoms with E-state index >= 15 is 0 Å². The third kappa shape index (κ3) is 1.92. The van der Waals surface area contributed by atoms with Gasteiger partial charge in [0.15, 0.2) is 0 Å². The molecule has 0 aliphatic heterocycles. The van der Waals surface area contributed by atoms with Gasteiger partial charge in [0.1, 0.15) is 11.5 Å². The number of para-hydroxylation sites is 1. The fraction of sp³-hybridized carbons (Fsp3) is 0.0909. The second-order valence-electron chi connectivity index (χ2n) is 6.24. The van der Waals surface area contributed by atoms with Crippen LogP contribution in [0.2, 0.25) is 0 Å². The molecule has 0 spiro atoms. The summed E-state index contributed by atoms with van der Waals surface area (Å²) in [6, 6.07) is 21.0. The minimum atomic E-state index is 0.854. The molecule has 0 bridgehead atoms. The minimum absolute atomic E-state index is 0.854. The summed E-state index contributed by atoms with van der Waals surface area (Å²) >= 11 is 0. The lowest BCUT2D eigenvalue weighted by atomic mass is 9.96. The van der Waals surface area contributed by atoms with Crippen molar-refractivity contribution >= 4 is 43.4 Å². The maximum absolute atomic E-state index is 5.47. The van der Waals surface area contributed by atoms with Gasteiger partial charge in [0, 0.05) is 21.7 Å². The van der Waals surface area contributed by atoms with Crippen LogP contribution in [0.1, 0.15) is 0 Å². The highest BCUT2D eigenvalue weighted by atomic mass is 16.5. The lowest BCUT2D eigenvalue weighted by Gasteiger charge is -2.10. The number of aromatic amines is 1. The molecular formula is C22H17NO2. The molecule has 0 saturated heterocycles. The van der Waals surface area contributed by atoms with Gasteiger partial charge in [-0.1, -0.05) is 18.2 Å². The third-order valence-corrected chi connectivity index (χ3v) is 4.99. The normalized spacial score (nSPS) is 11.6. The molecule has 0 fully saturated rings. The third-order valence-electron chi connectivity index (χ3n) is 4.99. The maximum Gasteiger partial charge on any atom is 0.119 e. The van der Waals surface area contributed by atoms with Crippen LogP contribution in [0.4, 0.5) is 0 Å². The molecule has 5 rings (SSSR count). The van der Waals surface area contributed by atoms with Gasteiger partial charge < -0.3 is 14.5 Å². The van der Waals surface area contributed by atoms with Crippen molar-refractivity contribution in [1.29, 1.82) is 0 Å². The highest BCUT2D eigenvalue weighted by Crippen LogP contribution is 2.41. The van der Waals surface area contributed by atoms with E-state index in [1.54, 1.807) is 14.2 Å². The molecule has 0 unspecified atom stereocenters. The molecule has 1 aromatic heterocycles. The van der Waals surface area contributed by atoms with Crippen LogP contribution in [0.25, 0.3) is 43.4 Å². The van der Waals surface area contributed by atoms with E-state index in [0.717, 1.165) is 27.9 Å². The lowest BCUT2D eigenvalue weighted by Crippen LogP contribution is -1.87. The Morgan fingerprint density at radius 1 is 0.640 bits per heavy atom. The number of nitrogens with one attached hydrogen (secondary N) is 1. The molecule has 122 valence electrons. The lowest BCUT2D eigenvalue weighted by molar-refractivity contribution is 0.415. The Morgan fingerprint density at radius 3 is 2.00 bits per heavy atom. The topological polar surface area (TPSA) is 34.2 Å². The second kappa shape index (κ2) is 5.15. The molecule has 3 heteroatoms. The van der Waals surface area contributed by atoms with Gasteiger partial charge in [-0.05, 0) is 58.6 Å². The van der Waals surface area contributed by atoms with Crippen molar-refractivity contribution in [2.75, 3.05) is 14.2 Å². The van der Waals surface area contributed by atoms with E-state index in [1.165, 1.54) is 26.9 Å². The summed E-state index contributed by atoms with van der Waals surface area (Å²) < 4.78 is 10.9. The summed E-state index contributed by atoms with van der Waals surface area (Å²) in [7, 11) is 3.40. The first-order chi connectivity index (χ1) is 12.3. The number of rotatable bonds is 2. The first-order valence-corrected chi connectivity index (χ1v) is 8.28. The van der Waals surface area contributed by atoms with Gasteiger partial charge in [-0.3, -0.25) is 0 Å². The quantitative estimate of drug-likeness (QED) is 0.425. The molecular weight excluding hydrogens is 310 g/mol. The Balaban J connectivity index is 2.11. The molecule has 0 aliphatic rings. The van der Waals surface area contributed by atoms with Crippen LogP contribution < -0.4 is 9.47 Å². The largest absolute Gasteiger partial charge is 0.497 e. The summed E-state index contributed by atoms with van der Waals surface area (Å²) in [5.41, 5.74) is 2.31. The standard InChI is InChI=1S/C22H17NO2/c1-24-13-7-9-15-18(11-13)19-12-14(25-2)8-10-16(19)22-21(15)17-5-3-4-6-20(17)23-22/h3-12,23H,1-2H3. The number of H-pyrrole nitrogens is 1. The molecule has 3 nitrogen and oxygen atoms in total. The van der Waals surface area contributed by atoms with Gasteiger partial charge in [0.2, 0.25) is 0 Å². The Kier molecular flexibility index (Phi) is 2.92. The van der Waals surface area contributed by atoms with E-state index < -0.39 is 0 Å². The van der Waals surface area contributed by atoms with Crippen LogP contribution in [0.5, 0.6) is 11.5 Å². The summed E-state index contributed by atoms with van der Waals surface area (Å²) in [6.45, 7) is 0.